The van der Waals surface area contributed by atoms with Crippen molar-refractivity contribution in [1.29, 1.82) is 0 Å². The first-order chi connectivity index (χ1) is 7.00. The Labute approximate surface area is 88.3 Å². The first-order valence-corrected chi connectivity index (χ1v) is 4.68. The zero-order valence-electron chi connectivity index (χ0n) is 8.42. The Morgan fingerprint density at radius 1 is 1.47 bits per heavy atom. The van der Waals surface area contributed by atoms with Crippen LogP contribution >= 0.6 is 0 Å². The van der Waals surface area contributed by atoms with Gasteiger partial charge in [0, 0.05) is 0 Å². The summed E-state index contributed by atoms with van der Waals surface area (Å²) >= 11 is 0. The lowest BCUT2D eigenvalue weighted by Crippen LogP contribution is -2.30. The first-order valence-electron chi connectivity index (χ1n) is 4.68. The molecule has 1 atom stereocenters. The molecule has 0 saturated heterocycles. The van der Waals surface area contributed by atoms with E-state index in [9.17, 15) is 4.79 Å². The summed E-state index contributed by atoms with van der Waals surface area (Å²) in [5.74, 6) is -1.00. The fourth-order valence-electron chi connectivity index (χ4n) is 1.41. The lowest BCUT2D eigenvalue weighted by Gasteiger charge is -2.10. The van der Waals surface area contributed by atoms with Crippen molar-refractivity contribution in [3.63, 3.8) is 0 Å². The molecule has 1 aromatic rings. The summed E-state index contributed by atoms with van der Waals surface area (Å²) < 4.78 is 0. The summed E-state index contributed by atoms with van der Waals surface area (Å²) in [5.41, 5.74) is 1.17. The van der Waals surface area contributed by atoms with Crippen LogP contribution in [0.25, 0.3) is 0 Å². The Hall–Kier alpha value is -1.33. The summed E-state index contributed by atoms with van der Waals surface area (Å²) in [4.78, 5) is 10.5. The lowest BCUT2D eigenvalue weighted by molar-refractivity contribution is -0.137. The molecule has 0 spiro atoms. The first kappa shape index (κ1) is 11.7. The van der Waals surface area contributed by atoms with Gasteiger partial charge in [0.15, 0.2) is 0 Å². The highest BCUT2D eigenvalue weighted by molar-refractivity contribution is 6.58. The Balaban J connectivity index is 2.85. The van der Waals surface area contributed by atoms with Crippen LogP contribution in [-0.4, -0.2) is 28.2 Å². The SMILES string of the molecule is CC(CC(=O)O)c1cccc(B(O)O)c1. The van der Waals surface area contributed by atoms with Crippen molar-refractivity contribution >= 4 is 18.6 Å². The second-order valence-electron chi connectivity index (χ2n) is 3.54. The van der Waals surface area contributed by atoms with Crippen LogP contribution in [0.4, 0.5) is 0 Å². The maximum absolute atomic E-state index is 10.5. The monoisotopic (exact) mass is 208 g/mol. The molecule has 0 heterocycles. The second kappa shape index (κ2) is 4.95. The van der Waals surface area contributed by atoms with E-state index in [2.05, 4.69) is 0 Å². The zero-order chi connectivity index (χ0) is 11.4. The molecule has 5 heteroatoms. The molecule has 3 N–H and O–H groups in total. The number of carboxylic acid groups (broad SMARTS) is 1. The molecule has 0 aliphatic heterocycles. The summed E-state index contributed by atoms with van der Waals surface area (Å²) in [6.07, 6.45) is 0.0327. The highest BCUT2D eigenvalue weighted by Crippen LogP contribution is 2.17. The molecule has 1 aromatic carbocycles. The van der Waals surface area contributed by atoms with E-state index in [1.54, 1.807) is 31.2 Å². The fourth-order valence-corrected chi connectivity index (χ4v) is 1.41. The van der Waals surface area contributed by atoms with Gasteiger partial charge in [0.05, 0.1) is 6.42 Å². The van der Waals surface area contributed by atoms with Crippen molar-refractivity contribution in [3.05, 3.63) is 29.8 Å². The highest BCUT2D eigenvalue weighted by atomic mass is 16.4. The van der Waals surface area contributed by atoms with Crippen LogP contribution in [0.1, 0.15) is 24.8 Å². The maximum atomic E-state index is 10.5. The molecule has 0 radical (unpaired) electrons. The summed E-state index contributed by atoms with van der Waals surface area (Å²) in [6, 6.07) is 6.65. The summed E-state index contributed by atoms with van der Waals surface area (Å²) in [6.45, 7) is 1.79. The number of benzene rings is 1. The van der Waals surface area contributed by atoms with E-state index in [0.717, 1.165) is 5.56 Å². The van der Waals surface area contributed by atoms with E-state index >= 15 is 0 Å². The minimum Gasteiger partial charge on any atom is -0.481 e. The van der Waals surface area contributed by atoms with E-state index in [1.807, 2.05) is 0 Å². The van der Waals surface area contributed by atoms with Crippen LogP contribution in [0, 0.1) is 0 Å². The molecule has 0 aliphatic carbocycles. The second-order valence-corrected chi connectivity index (χ2v) is 3.54. The normalized spacial score (nSPS) is 12.2. The molecular weight excluding hydrogens is 195 g/mol. The topological polar surface area (TPSA) is 77.8 Å². The number of rotatable bonds is 4. The van der Waals surface area contributed by atoms with E-state index in [4.69, 9.17) is 15.2 Å². The zero-order valence-corrected chi connectivity index (χ0v) is 8.42. The molecule has 80 valence electrons. The third-order valence-corrected chi connectivity index (χ3v) is 2.26. The Morgan fingerprint density at radius 3 is 2.67 bits per heavy atom. The van der Waals surface area contributed by atoms with Gasteiger partial charge in [0.25, 0.3) is 0 Å². The maximum Gasteiger partial charge on any atom is 0.488 e. The largest absolute Gasteiger partial charge is 0.488 e. The quantitative estimate of drug-likeness (QED) is 0.606. The van der Waals surface area contributed by atoms with E-state index < -0.39 is 13.1 Å². The molecule has 1 unspecified atom stereocenters. The molecule has 4 nitrogen and oxygen atoms in total. The van der Waals surface area contributed by atoms with Crippen molar-refractivity contribution in [2.45, 2.75) is 19.3 Å². The third kappa shape index (κ3) is 3.38. The van der Waals surface area contributed by atoms with Gasteiger partial charge in [-0.15, -0.1) is 0 Å². The Kier molecular flexibility index (Phi) is 3.88. The molecule has 15 heavy (non-hydrogen) atoms. The van der Waals surface area contributed by atoms with E-state index in [0.29, 0.717) is 5.46 Å². The molecule has 0 aliphatic rings. The molecule has 0 amide bonds. The Bertz CT molecular complexity index is 351. The van der Waals surface area contributed by atoms with Crippen molar-refractivity contribution < 1.29 is 19.9 Å². The van der Waals surface area contributed by atoms with Gasteiger partial charge in [-0.2, -0.15) is 0 Å². The van der Waals surface area contributed by atoms with Gasteiger partial charge in [-0.05, 0) is 16.9 Å². The van der Waals surface area contributed by atoms with Crippen molar-refractivity contribution in [2.75, 3.05) is 0 Å². The number of hydrogen-bond donors (Lipinski definition) is 3. The molecule has 0 fully saturated rings. The van der Waals surface area contributed by atoms with Gasteiger partial charge in [-0.3, -0.25) is 4.79 Å². The predicted octanol–water partition coefficient (Wildman–Crippen LogP) is -0.0554. The van der Waals surface area contributed by atoms with Crippen molar-refractivity contribution in [1.82, 2.24) is 0 Å². The average molecular weight is 208 g/mol. The summed E-state index contributed by atoms with van der Waals surface area (Å²) in [5, 5.41) is 26.5. The van der Waals surface area contributed by atoms with Gasteiger partial charge < -0.3 is 15.2 Å². The fraction of sp³-hybridized carbons (Fsp3) is 0.300. The predicted molar refractivity (Wildman–Crippen MR) is 56.9 cm³/mol. The van der Waals surface area contributed by atoms with Crippen LogP contribution < -0.4 is 5.46 Å². The number of hydrogen-bond acceptors (Lipinski definition) is 3. The summed E-state index contributed by atoms with van der Waals surface area (Å²) in [7, 11) is -1.51. The van der Waals surface area contributed by atoms with Crippen LogP contribution in [0.3, 0.4) is 0 Å². The highest BCUT2D eigenvalue weighted by Gasteiger charge is 2.14. The smallest absolute Gasteiger partial charge is 0.481 e. The minimum absolute atomic E-state index is 0.0327. The Morgan fingerprint density at radius 2 is 2.13 bits per heavy atom. The average Bonchev–Trinajstić information content (AvgIpc) is 2.17. The van der Waals surface area contributed by atoms with Crippen LogP contribution in [0.5, 0.6) is 0 Å². The number of carbonyl (C=O) groups is 1. The van der Waals surface area contributed by atoms with Crippen LogP contribution in [0.2, 0.25) is 0 Å². The minimum atomic E-state index is -1.51. The lowest BCUT2D eigenvalue weighted by atomic mass is 9.78. The molecule has 1 rings (SSSR count). The van der Waals surface area contributed by atoms with Gasteiger partial charge in [-0.25, -0.2) is 0 Å². The third-order valence-electron chi connectivity index (χ3n) is 2.26. The van der Waals surface area contributed by atoms with E-state index in [-0.39, 0.29) is 12.3 Å². The molecule has 0 saturated carbocycles. The number of carboxylic acids is 1. The van der Waals surface area contributed by atoms with E-state index in [1.165, 1.54) is 0 Å². The van der Waals surface area contributed by atoms with Gasteiger partial charge in [0.2, 0.25) is 0 Å². The van der Waals surface area contributed by atoms with Crippen LogP contribution in [0.15, 0.2) is 24.3 Å². The molecule has 0 aromatic heterocycles. The standard InChI is InChI=1S/C10H13BO4/c1-7(5-10(12)13)8-3-2-4-9(6-8)11(14)15/h2-4,6-7,14-15H,5H2,1H3,(H,12,13). The van der Waals surface area contributed by atoms with Crippen molar-refractivity contribution in [3.8, 4) is 0 Å². The van der Waals surface area contributed by atoms with Gasteiger partial charge in [0.1, 0.15) is 0 Å². The molecular formula is C10H13BO4. The van der Waals surface area contributed by atoms with Crippen LogP contribution in [-0.2, 0) is 4.79 Å². The van der Waals surface area contributed by atoms with Gasteiger partial charge in [-0.1, -0.05) is 31.2 Å². The van der Waals surface area contributed by atoms with Crippen molar-refractivity contribution in [2.24, 2.45) is 0 Å². The van der Waals surface area contributed by atoms with Gasteiger partial charge >= 0.3 is 13.1 Å². The molecule has 0 bridgehead atoms. The number of aliphatic carboxylic acids is 1.